The standard InChI is InChI=1S/C11H9FN2O3S2/c12-19(16,17)8-4-11(15)14(5-8)7-1-2-10-9(3-7)13-6-18-10/h1-3,6,8H,4-5H2. The molecule has 1 saturated heterocycles. The molecule has 1 amide bonds. The number of aromatic nitrogens is 1. The average molecular weight is 300 g/mol. The summed E-state index contributed by atoms with van der Waals surface area (Å²) < 4.78 is 35.7. The fourth-order valence-corrected chi connectivity index (χ4v) is 3.45. The van der Waals surface area contributed by atoms with Crippen LogP contribution in [0.5, 0.6) is 0 Å². The van der Waals surface area contributed by atoms with Crippen molar-refractivity contribution in [3.05, 3.63) is 23.7 Å². The average Bonchev–Trinajstić information content (AvgIpc) is 2.92. The predicted octanol–water partition coefficient (Wildman–Crippen LogP) is 1.70. The normalized spacial score (nSPS) is 20.4. The number of nitrogens with zero attached hydrogens (tertiary/aromatic N) is 2. The molecule has 1 aromatic carbocycles. The second kappa shape index (κ2) is 4.24. The van der Waals surface area contributed by atoms with Crippen LogP contribution in [0, 0.1) is 0 Å². The number of amides is 1. The van der Waals surface area contributed by atoms with Crippen molar-refractivity contribution < 1.29 is 17.1 Å². The Morgan fingerprint density at radius 1 is 1.42 bits per heavy atom. The van der Waals surface area contributed by atoms with Crippen LogP contribution in [0.3, 0.4) is 0 Å². The van der Waals surface area contributed by atoms with Crippen LogP contribution in [0.15, 0.2) is 23.7 Å². The third-order valence-electron chi connectivity index (χ3n) is 3.11. The van der Waals surface area contributed by atoms with E-state index in [1.807, 2.05) is 6.07 Å². The zero-order valence-corrected chi connectivity index (χ0v) is 11.2. The number of hydrogen-bond acceptors (Lipinski definition) is 5. The molecule has 100 valence electrons. The summed E-state index contributed by atoms with van der Waals surface area (Å²) >= 11 is 1.47. The Bertz CT molecular complexity index is 756. The molecule has 1 aliphatic rings. The molecule has 19 heavy (non-hydrogen) atoms. The van der Waals surface area contributed by atoms with Crippen molar-refractivity contribution in [3.8, 4) is 0 Å². The van der Waals surface area contributed by atoms with Gasteiger partial charge in [0.25, 0.3) is 0 Å². The topological polar surface area (TPSA) is 67.3 Å². The molecular weight excluding hydrogens is 291 g/mol. The van der Waals surface area contributed by atoms with Crippen LogP contribution in [0.25, 0.3) is 10.2 Å². The second-order valence-electron chi connectivity index (χ2n) is 4.31. The largest absolute Gasteiger partial charge is 0.311 e. The lowest BCUT2D eigenvalue weighted by Gasteiger charge is -2.15. The monoisotopic (exact) mass is 300 g/mol. The Kier molecular flexibility index (Phi) is 2.79. The first-order valence-electron chi connectivity index (χ1n) is 5.52. The summed E-state index contributed by atoms with van der Waals surface area (Å²) in [7, 11) is -4.68. The smallest absolute Gasteiger partial charge is 0.307 e. The van der Waals surface area contributed by atoms with Gasteiger partial charge in [0.05, 0.1) is 15.7 Å². The highest BCUT2D eigenvalue weighted by molar-refractivity contribution is 7.87. The summed E-state index contributed by atoms with van der Waals surface area (Å²) in [6, 6.07) is 5.23. The van der Waals surface area contributed by atoms with Gasteiger partial charge in [-0.2, -0.15) is 8.42 Å². The van der Waals surface area contributed by atoms with E-state index in [9.17, 15) is 17.1 Å². The Labute approximate surface area is 112 Å². The van der Waals surface area contributed by atoms with Gasteiger partial charge < -0.3 is 4.90 Å². The fraction of sp³-hybridized carbons (Fsp3) is 0.273. The molecule has 0 spiro atoms. The highest BCUT2D eigenvalue weighted by Crippen LogP contribution is 2.29. The first-order valence-corrected chi connectivity index (χ1v) is 7.85. The number of hydrogen-bond donors (Lipinski definition) is 0. The van der Waals surface area contributed by atoms with Crippen molar-refractivity contribution in [2.75, 3.05) is 11.4 Å². The van der Waals surface area contributed by atoms with Crippen molar-refractivity contribution in [2.45, 2.75) is 11.7 Å². The number of fused-ring (bicyclic) bond motifs is 1. The van der Waals surface area contributed by atoms with Gasteiger partial charge in [0, 0.05) is 18.7 Å². The maximum Gasteiger partial charge on any atom is 0.307 e. The van der Waals surface area contributed by atoms with Gasteiger partial charge in [-0.1, -0.05) is 0 Å². The molecule has 1 aromatic heterocycles. The molecule has 0 bridgehead atoms. The second-order valence-corrected chi connectivity index (χ2v) is 6.81. The van der Waals surface area contributed by atoms with E-state index in [1.165, 1.54) is 16.2 Å². The van der Waals surface area contributed by atoms with Crippen molar-refractivity contribution in [2.24, 2.45) is 0 Å². The van der Waals surface area contributed by atoms with Crippen LogP contribution in [-0.2, 0) is 15.0 Å². The lowest BCUT2D eigenvalue weighted by molar-refractivity contribution is -0.117. The Morgan fingerprint density at radius 3 is 2.89 bits per heavy atom. The molecule has 1 aliphatic heterocycles. The van der Waals surface area contributed by atoms with Gasteiger partial charge in [0.2, 0.25) is 5.91 Å². The Morgan fingerprint density at radius 2 is 2.21 bits per heavy atom. The first-order chi connectivity index (χ1) is 8.95. The zero-order valence-electron chi connectivity index (χ0n) is 9.61. The van der Waals surface area contributed by atoms with Gasteiger partial charge in [-0.05, 0) is 18.2 Å². The number of carbonyl (C=O) groups is 1. The molecule has 5 nitrogen and oxygen atoms in total. The third kappa shape index (κ3) is 2.21. The summed E-state index contributed by atoms with van der Waals surface area (Å²) in [4.78, 5) is 17.2. The van der Waals surface area contributed by atoms with Crippen molar-refractivity contribution in [1.29, 1.82) is 0 Å². The molecule has 1 atom stereocenters. The van der Waals surface area contributed by atoms with Gasteiger partial charge >= 0.3 is 10.2 Å². The molecule has 0 saturated carbocycles. The molecule has 2 heterocycles. The van der Waals surface area contributed by atoms with Crippen molar-refractivity contribution >= 4 is 43.4 Å². The van der Waals surface area contributed by atoms with E-state index in [-0.39, 0.29) is 18.9 Å². The number of carbonyl (C=O) groups excluding carboxylic acids is 1. The molecule has 1 unspecified atom stereocenters. The summed E-state index contributed by atoms with van der Waals surface area (Å²) in [5.41, 5.74) is 2.98. The third-order valence-corrected chi connectivity index (χ3v) is 5.04. The van der Waals surface area contributed by atoms with Gasteiger partial charge in [-0.3, -0.25) is 4.79 Å². The van der Waals surface area contributed by atoms with Crippen LogP contribution in [0.1, 0.15) is 6.42 Å². The highest BCUT2D eigenvalue weighted by atomic mass is 32.3. The van der Waals surface area contributed by atoms with E-state index < -0.39 is 15.5 Å². The van der Waals surface area contributed by atoms with E-state index in [4.69, 9.17) is 0 Å². The minimum Gasteiger partial charge on any atom is -0.311 e. The minimum atomic E-state index is -4.68. The molecule has 0 radical (unpaired) electrons. The number of benzene rings is 1. The molecule has 0 aliphatic carbocycles. The summed E-state index contributed by atoms with van der Waals surface area (Å²) in [5.74, 6) is -0.388. The van der Waals surface area contributed by atoms with Crippen LogP contribution in [0.2, 0.25) is 0 Å². The SMILES string of the molecule is O=C1CC(S(=O)(=O)F)CN1c1ccc2scnc2c1. The number of halogens is 1. The first kappa shape index (κ1) is 12.5. The predicted molar refractivity (Wildman–Crippen MR) is 70.4 cm³/mol. The van der Waals surface area contributed by atoms with E-state index in [0.717, 1.165) is 10.2 Å². The summed E-state index contributed by atoms with van der Waals surface area (Å²) in [6.45, 7) is -0.146. The lowest BCUT2D eigenvalue weighted by Crippen LogP contribution is -2.26. The zero-order chi connectivity index (χ0) is 13.6. The van der Waals surface area contributed by atoms with E-state index in [2.05, 4.69) is 4.98 Å². The lowest BCUT2D eigenvalue weighted by atomic mass is 10.3. The van der Waals surface area contributed by atoms with Crippen LogP contribution in [0.4, 0.5) is 9.57 Å². The van der Waals surface area contributed by atoms with Gasteiger partial charge in [0.1, 0.15) is 5.25 Å². The van der Waals surface area contributed by atoms with E-state index >= 15 is 0 Å². The van der Waals surface area contributed by atoms with E-state index in [1.54, 1.807) is 17.6 Å². The fourth-order valence-electron chi connectivity index (χ4n) is 2.13. The summed E-state index contributed by atoms with van der Waals surface area (Å²) in [6.07, 6.45) is -0.312. The van der Waals surface area contributed by atoms with Gasteiger partial charge in [-0.25, -0.2) is 4.98 Å². The van der Waals surface area contributed by atoms with Crippen LogP contribution >= 0.6 is 11.3 Å². The van der Waals surface area contributed by atoms with Crippen molar-refractivity contribution in [1.82, 2.24) is 4.98 Å². The van der Waals surface area contributed by atoms with E-state index in [0.29, 0.717) is 5.69 Å². The Hall–Kier alpha value is -1.54. The molecular formula is C11H9FN2O3S2. The molecule has 2 aromatic rings. The molecule has 8 heteroatoms. The van der Waals surface area contributed by atoms with Crippen LogP contribution < -0.4 is 4.90 Å². The van der Waals surface area contributed by atoms with Gasteiger partial charge in [-0.15, -0.1) is 15.2 Å². The van der Waals surface area contributed by atoms with Crippen molar-refractivity contribution in [3.63, 3.8) is 0 Å². The molecule has 0 N–H and O–H groups in total. The number of rotatable bonds is 2. The van der Waals surface area contributed by atoms with Gasteiger partial charge in [0.15, 0.2) is 0 Å². The molecule has 1 fully saturated rings. The minimum absolute atomic E-state index is 0.146. The quantitative estimate of drug-likeness (QED) is 0.792. The highest BCUT2D eigenvalue weighted by Gasteiger charge is 2.39. The number of thiazole rings is 1. The maximum absolute atomic E-state index is 12.9. The molecule has 3 rings (SSSR count). The maximum atomic E-state index is 12.9. The van der Waals surface area contributed by atoms with Crippen LogP contribution in [-0.4, -0.2) is 31.1 Å². The number of anilines is 1. The Balaban J connectivity index is 1.96. The summed E-state index contributed by atoms with van der Waals surface area (Å²) in [5, 5.41) is -1.27.